The van der Waals surface area contributed by atoms with Crippen molar-refractivity contribution in [1.82, 2.24) is 0 Å². The summed E-state index contributed by atoms with van der Waals surface area (Å²) in [7, 11) is 1.30. The van der Waals surface area contributed by atoms with Crippen LogP contribution in [0.5, 0.6) is 0 Å². The largest absolute Gasteiger partial charge is 0.459 e. The van der Waals surface area contributed by atoms with Crippen molar-refractivity contribution < 1.29 is 28.5 Å². The van der Waals surface area contributed by atoms with Crippen LogP contribution in [0.4, 0.5) is 4.39 Å². The van der Waals surface area contributed by atoms with Crippen molar-refractivity contribution >= 4 is 5.97 Å². The molecule has 0 spiro atoms. The number of halogens is 1. The van der Waals surface area contributed by atoms with Gasteiger partial charge in [-0.05, 0) is 12.1 Å². The molecule has 0 aliphatic carbocycles. The van der Waals surface area contributed by atoms with Crippen LogP contribution >= 0.6 is 0 Å². The van der Waals surface area contributed by atoms with Gasteiger partial charge in [0.15, 0.2) is 12.5 Å². The van der Waals surface area contributed by atoms with E-state index in [0.29, 0.717) is 5.56 Å². The molecule has 2 unspecified atom stereocenters. The van der Waals surface area contributed by atoms with E-state index in [1.165, 1.54) is 7.11 Å². The molecule has 0 radical (unpaired) electrons. The van der Waals surface area contributed by atoms with Gasteiger partial charge in [0, 0.05) is 7.11 Å². The van der Waals surface area contributed by atoms with Crippen LogP contribution < -0.4 is 0 Å². The lowest BCUT2D eigenvalue weighted by molar-refractivity contribution is -0.153. The number of alkyl halides is 1. The molecule has 1 N–H and O–H groups in total. The average Bonchev–Trinajstić information content (AvgIpc) is 2.73. The Labute approximate surface area is 109 Å². The van der Waals surface area contributed by atoms with Gasteiger partial charge in [-0.15, -0.1) is 0 Å². The zero-order valence-corrected chi connectivity index (χ0v) is 10.4. The van der Waals surface area contributed by atoms with Gasteiger partial charge >= 0.3 is 5.97 Å². The number of hydrogen-bond acceptors (Lipinski definition) is 5. The predicted octanol–water partition coefficient (Wildman–Crippen LogP) is 0.914. The number of aliphatic hydroxyl groups is 1. The van der Waals surface area contributed by atoms with Crippen LogP contribution in [0.15, 0.2) is 30.3 Å². The van der Waals surface area contributed by atoms with Crippen LogP contribution in [0.1, 0.15) is 10.4 Å². The van der Waals surface area contributed by atoms with Gasteiger partial charge in [-0.2, -0.15) is 0 Å². The minimum Gasteiger partial charge on any atom is -0.459 e. The van der Waals surface area contributed by atoms with E-state index in [0.717, 1.165) is 0 Å². The summed E-state index contributed by atoms with van der Waals surface area (Å²) < 4.78 is 28.4. The quantitative estimate of drug-likeness (QED) is 0.824. The van der Waals surface area contributed by atoms with Gasteiger partial charge in [0.1, 0.15) is 18.8 Å². The summed E-state index contributed by atoms with van der Waals surface area (Å²) in [5.41, 5.74) is 0.375. The Morgan fingerprint density at radius 2 is 2.11 bits per heavy atom. The molecular formula is C13H15FO5. The molecule has 1 aliphatic rings. The molecule has 1 aliphatic heterocycles. The van der Waals surface area contributed by atoms with Gasteiger partial charge < -0.3 is 19.3 Å². The molecule has 19 heavy (non-hydrogen) atoms. The lowest BCUT2D eigenvalue weighted by Crippen LogP contribution is -2.31. The maximum atomic E-state index is 13.6. The molecule has 0 aromatic heterocycles. The first kappa shape index (κ1) is 13.9. The van der Waals surface area contributed by atoms with E-state index in [2.05, 4.69) is 0 Å². The Morgan fingerprint density at radius 1 is 1.42 bits per heavy atom. The molecule has 5 nitrogen and oxygen atoms in total. The Hall–Kier alpha value is -1.50. The molecule has 0 amide bonds. The number of aliphatic hydroxyl groups excluding tert-OH is 1. The molecule has 0 bridgehead atoms. The van der Waals surface area contributed by atoms with Crippen LogP contribution in [0.3, 0.4) is 0 Å². The molecule has 1 heterocycles. The summed E-state index contributed by atoms with van der Waals surface area (Å²) >= 11 is 0. The second-order valence-corrected chi connectivity index (χ2v) is 4.18. The molecule has 104 valence electrons. The van der Waals surface area contributed by atoms with Crippen LogP contribution in [0.2, 0.25) is 0 Å². The highest BCUT2D eigenvalue weighted by atomic mass is 19.1. The molecule has 2 rings (SSSR count). The normalized spacial score (nSPS) is 30.3. The molecule has 1 aromatic rings. The Morgan fingerprint density at radius 3 is 2.68 bits per heavy atom. The third-order valence-electron chi connectivity index (χ3n) is 2.89. The number of benzene rings is 1. The topological polar surface area (TPSA) is 65.0 Å². The lowest BCUT2D eigenvalue weighted by atomic mass is 10.2. The summed E-state index contributed by atoms with van der Waals surface area (Å²) in [5, 5.41) is 9.44. The third-order valence-corrected chi connectivity index (χ3v) is 2.89. The summed E-state index contributed by atoms with van der Waals surface area (Å²) in [4.78, 5) is 11.6. The molecule has 0 saturated carbocycles. The van der Waals surface area contributed by atoms with Gasteiger partial charge in [0.2, 0.25) is 0 Å². The van der Waals surface area contributed by atoms with Crippen molar-refractivity contribution in [2.45, 2.75) is 24.7 Å². The molecule has 6 heteroatoms. The third kappa shape index (κ3) is 3.09. The van der Waals surface area contributed by atoms with Crippen molar-refractivity contribution in [3.63, 3.8) is 0 Å². The summed E-state index contributed by atoms with van der Waals surface area (Å²) in [6, 6.07) is 8.36. The van der Waals surface area contributed by atoms with Gasteiger partial charge in [0.05, 0.1) is 5.56 Å². The number of carbonyl (C=O) groups is 1. The van der Waals surface area contributed by atoms with Crippen molar-refractivity contribution in [1.29, 1.82) is 0 Å². The minimum atomic E-state index is -1.64. The number of esters is 1. The standard InChI is InChI=1S/C13H15FO5/c1-17-13-11(15)10(14)9(19-13)7-18-12(16)8-5-3-2-4-6-8/h2-6,9-11,13,15H,7H2,1H3/t9-,10?,11?,13+/m1/s1. The van der Waals surface area contributed by atoms with Crippen LogP contribution in [0, 0.1) is 0 Å². The van der Waals surface area contributed by atoms with Crippen molar-refractivity contribution in [2.75, 3.05) is 13.7 Å². The number of hydrogen-bond donors (Lipinski definition) is 1. The molecule has 1 fully saturated rings. The van der Waals surface area contributed by atoms with Crippen LogP contribution in [0.25, 0.3) is 0 Å². The minimum absolute atomic E-state index is 0.272. The van der Waals surface area contributed by atoms with E-state index in [1.54, 1.807) is 30.3 Å². The number of methoxy groups -OCH3 is 1. The lowest BCUT2D eigenvalue weighted by Gasteiger charge is -2.13. The first-order valence-corrected chi connectivity index (χ1v) is 5.86. The zero-order chi connectivity index (χ0) is 13.8. The monoisotopic (exact) mass is 270 g/mol. The van der Waals surface area contributed by atoms with E-state index in [1.807, 2.05) is 0 Å². The smallest absolute Gasteiger partial charge is 0.338 e. The highest BCUT2D eigenvalue weighted by Gasteiger charge is 2.45. The predicted molar refractivity (Wildman–Crippen MR) is 63.3 cm³/mol. The Kier molecular flexibility index (Phi) is 4.47. The van der Waals surface area contributed by atoms with E-state index < -0.39 is 30.6 Å². The van der Waals surface area contributed by atoms with Crippen LogP contribution in [-0.4, -0.2) is 49.5 Å². The molecule has 1 saturated heterocycles. The maximum absolute atomic E-state index is 13.6. The highest BCUT2D eigenvalue weighted by molar-refractivity contribution is 5.89. The molecule has 1 aromatic carbocycles. The van der Waals surface area contributed by atoms with Gasteiger partial charge in [0.25, 0.3) is 0 Å². The maximum Gasteiger partial charge on any atom is 0.338 e. The average molecular weight is 270 g/mol. The van der Waals surface area contributed by atoms with E-state index in [-0.39, 0.29) is 6.61 Å². The second-order valence-electron chi connectivity index (χ2n) is 4.18. The fourth-order valence-electron chi connectivity index (χ4n) is 1.84. The van der Waals surface area contributed by atoms with Crippen molar-refractivity contribution in [2.24, 2.45) is 0 Å². The fourth-order valence-corrected chi connectivity index (χ4v) is 1.84. The Balaban J connectivity index is 1.88. The first-order valence-electron chi connectivity index (χ1n) is 5.86. The van der Waals surface area contributed by atoms with E-state index >= 15 is 0 Å². The summed E-state index contributed by atoms with van der Waals surface area (Å²) in [5.74, 6) is -0.563. The highest BCUT2D eigenvalue weighted by Crippen LogP contribution is 2.24. The number of rotatable bonds is 4. The molecular weight excluding hydrogens is 255 g/mol. The van der Waals surface area contributed by atoms with Gasteiger partial charge in [-0.1, -0.05) is 18.2 Å². The van der Waals surface area contributed by atoms with E-state index in [9.17, 15) is 14.3 Å². The SMILES string of the molecule is CO[C@H]1O[C@H](COC(=O)c2ccccc2)C(F)C1O. The molecule has 4 atom stereocenters. The van der Waals surface area contributed by atoms with Crippen LogP contribution in [-0.2, 0) is 14.2 Å². The summed E-state index contributed by atoms with van der Waals surface area (Å²) in [6.07, 6.45) is -5.07. The fraction of sp³-hybridized carbons (Fsp3) is 0.462. The first-order chi connectivity index (χ1) is 9.13. The Bertz CT molecular complexity index is 424. The van der Waals surface area contributed by atoms with Crippen molar-refractivity contribution in [3.05, 3.63) is 35.9 Å². The zero-order valence-electron chi connectivity index (χ0n) is 10.4. The van der Waals surface area contributed by atoms with Gasteiger partial charge in [-0.3, -0.25) is 0 Å². The summed E-state index contributed by atoms with van der Waals surface area (Å²) in [6.45, 7) is -0.272. The number of ether oxygens (including phenoxy) is 3. The second kappa shape index (κ2) is 6.10. The van der Waals surface area contributed by atoms with Crippen molar-refractivity contribution in [3.8, 4) is 0 Å². The number of carbonyl (C=O) groups excluding carboxylic acids is 1. The van der Waals surface area contributed by atoms with E-state index in [4.69, 9.17) is 14.2 Å². The van der Waals surface area contributed by atoms with Gasteiger partial charge in [-0.25, -0.2) is 9.18 Å².